The fourth-order valence-corrected chi connectivity index (χ4v) is 1.58. The lowest BCUT2D eigenvalue weighted by atomic mass is 10.2. The van der Waals surface area contributed by atoms with Crippen LogP contribution in [-0.2, 0) is 4.74 Å². The molecular weight excluding hydrogens is 263 g/mol. The van der Waals surface area contributed by atoms with Gasteiger partial charge in [0, 0.05) is 11.9 Å². The highest BCUT2D eigenvalue weighted by Crippen LogP contribution is 2.13. The second kappa shape index (κ2) is 5.92. The van der Waals surface area contributed by atoms with E-state index in [9.17, 15) is 14.0 Å². The summed E-state index contributed by atoms with van der Waals surface area (Å²) in [6.45, 7) is 0. The number of carbonyl (C=O) groups is 2. The standard InChI is InChI=1S/C14H11FN2O3/c1-20-14(19)9-3-2-4-12(6-9)17-13(18)10-5-11(15)8-16-7-10/h2-8H,1H3,(H,17,18). The Labute approximate surface area is 114 Å². The topological polar surface area (TPSA) is 68.3 Å². The molecule has 0 aliphatic carbocycles. The third kappa shape index (κ3) is 3.17. The van der Waals surface area contributed by atoms with E-state index in [1.165, 1.54) is 19.4 Å². The van der Waals surface area contributed by atoms with Crippen LogP contribution in [0.25, 0.3) is 0 Å². The van der Waals surface area contributed by atoms with Crippen LogP contribution < -0.4 is 5.32 Å². The number of amides is 1. The lowest BCUT2D eigenvalue weighted by molar-refractivity contribution is 0.0600. The van der Waals surface area contributed by atoms with Gasteiger partial charge in [0.25, 0.3) is 5.91 Å². The molecule has 0 saturated heterocycles. The second-order valence-corrected chi connectivity index (χ2v) is 3.92. The highest BCUT2D eigenvalue weighted by molar-refractivity contribution is 6.04. The average molecular weight is 274 g/mol. The first-order valence-electron chi connectivity index (χ1n) is 5.70. The number of hydrogen-bond donors (Lipinski definition) is 1. The molecule has 1 heterocycles. The second-order valence-electron chi connectivity index (χ2n) is 3.92. The van der Waals surface area contributed by atoms with Gasteiger partial charge in [0.1, 0.15) is 5.82 Å². The molecule has 2 rings (SSSR count). The molecule has 20 heavy (non-hydrogen) atoms. The number of anilines is 1. The summed E-state index contributed by atoms with van der Waals surface area (Å²) in [6.07, 6.45) is 2.26. The van der Waals surface area contributed by atoms with Crippen molar-refractivity contribution in [3.63, 3.8) is 0 Å². The molecule has 1 N–H and O–H groups in total. The normalized spacial score (nSPS) is 9.90. The van der Waals surface area contributed by atoms with E-state index in [0.717, 1.165) is 12.3 Å². The molecule has 0 bridgehead atoms. The molecule has 0 aliphatic rings. The summed E-state index contributed by atoms with van der Waals surface area (Å²) >= 11 is 0. The zero-order valence-electron chi connectivity index (χ0n) is 10.6. The van der Waals surface area contributed by atoms with Crippen LogP contribution in [-0.4, -0.2) is 24.0 Å². The van der Waals surface area contributed by atoms with Gasteiger partial charge in [0.2, 0.25) is 0 Å². The van der Waals surface area contributed by atoms with Gasteiger partial charge in [-0.05, 0) is 24.3 Å². The molecule has 5 nitrogen and oxygen atoms in total. The van der Waals surface area contributed by atoms with Crippen molar-refractivity contribution >= 4 is 17.6 Å². The highest BCUT2D eigenvalue weighted by atomic mass is 19.1. The fourth-order valence-electron chi connectivity index (χ4n) is 1.58. The van der Waals surface area contributed by atoms with Gasteiger partial charge in [0.05, 0.1) is 24.4 Å². The van der Waals surface area contributed by atoms with Crippen molar-refractivity contribution < 1.29 is 18.7 Å². The zero-order chi connectivity index (χ0) is 14.5. The maximum atomic E-state index is 13.0. The third-order valence-electron chi connectivity index (χ3n) is 2.51. The first-order chi connectivity index (χ1) is 9.60. The van der Waals surface area contributed by atoms with Crippen LogP contribution in [0.3, 0.4) is 0 Å². The summed E-state index contributed by atoms with van der Waals surface area (Å²) < 4.78 is 17.6. The van der Waals surface area contributed by atoms with Crippen LogP contribution in [0, 0.1) is 5.82 Å². The van der Waals surface area contributed by atoms with E-state index in [4.69, 9.17) is 0 Å². The SMILES string of the molecule is COC(=O)c1cccc(NC(=O)c2cncc(F)c2)c1. The van der Waals surface area contributed by atoms with E-state index in [2.05, 4.69) is 15.0 Å². The quantitative estimate of drug-likeness (QED) is 0.872. The summed E-state index contributed by atoms with van der Waals surface area (Å²) in [7, 11) is 1.27. The van der Waals surface area contributed by atoms with E-state index >= 15 is 0 Å². The number of benzene rings is 1. The molecule has 0 fully saturated rings. The van der Waals surface area contributed by atoms with E-state index < -0.39 is 17.7 Å². The third-order valence-corrected chi connectivity index (χ3v) is 2.51. The minimum Gasteiger partial charge on any atom is -0.465 e. The average Bonchev–Trinajstić information content (AvgIpc) is 2.46. The number of aromatic nitrogens is 1. The van der Waals surface area contributed by atoms with Gasteiger partial charge in [-0.3, -0.25) is 9.78 Å². The van der Waals surface area contributed by atoms with Gasteiger partial charge in [-0.1, -0.05) is 6.07 Å². The minimum atomic E-state index is -0.596. The smallest absolute Gasteiger partial charge is 0.337 e. The Balaban J connectivity index is 2.18. The molecule has 0 radical (unpaired) electrons. The van der Waals surface area contributed by atoms with Crippen molar-refractivity contribution in [2.45, 2.75) is 0 Å². The van der Waals surface area contributed by atoms with Crippen LogP contribution in [0.1, 0.15) is 20.7 Å². The first kappa shape index (κ1) is 13.7. The first-order valence-corrected chi connectivity index (χ1v) is 5.70. The molecule has 6 heteroatoms. The van der Waals surface area contributed by atoms with Crippen molar-refractivity contribution in [2.75, 3.05) is 12.4 Å². The number of nitrogens with one attached hydrogen (secondary N) is 1. The monoisotopic (exact) mass is 274 g/mol. The molecule has 1 aromatic carbocycles. The Morgan fingerprint density at radius 2 is 2.00 bits per heavy atom. The molecular formula is C14H11FN2O3. The molecule has 2 aromatic rings. The fraction of sp³-hybridized carbons (Fsp3) is 0.0714. The van der Waals surface area contributed by atoms with Crippen LogP contribution in [0.4, 0.5) is 10.1 Å². The Bertz CT molecular complexity index is 658. The van der Waals surface area contributed by atoms with E-state index in [0.29, 0.717) is 11.3 Å². The largest absolute Gasteiger partial charge is 0.465 e. The number of hydrogen-bond acceptors (Lipinski definition) is 4. The van der Waals surface area contributed by atoms with Crippen LogP contribution in [0.5, 0.6) is 0 Å². The molecule has 0 saturated carbocycles. The van der Waals surface area contributed by atoms with Gasteiger partial charge >= 0.3 is 5.97 Å². The minimum absolute atomic E-state index is 0.0912. The summed E-state index contributed by atoms with van der Waals surface area (Å²) in [5, 5.41) is 2.55. The number of nitrogens with zero attached hydrogens (tertiary/aromatic N) is 1. The number of halogens is 1. The maximum absolute atomic E-state index is 13.0. The molecule has 0 aliphatic heterocycles. The van der Waals surface area contributed by atoms with E-state index in [1.54, 1.807) is 18.2 Å². The maximum Gasteiger partial charge on any atom is 0.337 e. The van der Waals surface area contributed by atoms with Crippen molar-refractivity contribution in [3.05, 3.63) is 59.7 Å². The predicted octanol–water partition coefficient (Wildman–Crippen LogP) is 2.26. The van der Waals surface area contributed by atoms with Crippen LogP contribution >= 0.6 is 0 Å². The lowest BCUT2D eigenvalue weighted by Gasteiger charge is -2.06. The predicted molar refractivity (Wildman–Crippen MR) is 69.9 cm³/mol. The molecule has 1 amide bonds. The van der Waals surface area contributed by atoms with Gasteiger partial charge < -0.3 is 10.1 Å². The number of rotatable bonds is 3. The van der Waals surface area contributed by atoms with Crippen molar-refractivity contribution in [3.8, 4) is 0 Å². The van der Waals surface area contributed by atoms with Crippen molar-refractivity contribution in [2.24, 2.45) is 0 Å². The number of pyridine rings is 1. The molecule has 1 aromatic heterocycles. The zero-order valence-corrected chi connectivity index (χ0v) is 10.6. The summed E-state index contributed by atoms with van der Waals surface area (Å²) in [5.74, 6) is -1.62. The molecule has 0 atom stereocenters. The lowest BCUT2D eigenvalue weighted by Crippen LogP contribution is -2.13. The van der Waals surface area contributed by atoms with Crippen LogP contribution in [0.15, 0.2) is 42.7 Å². The Kier molecular flexibility index (Phi) is 4.05. The number of ether oxygens (including phenoxy) is 1. The van der Waals surface area contributed by atoms with Gasteiger partial charge in [-0.2, -0.15) is 0 Å². The van der Waals surface area contributed by atoms with E-state index in [-0.39, 0.29) is 5.56 Å². The van der Waals surface area contributed by atoms with Crippen LogP contribution in [0.2, 0.25) is 0 Å². The van der Waals surface area contributed by atoms with Gasteiger partial charge in [-0.25, -0.2) is 9.18 Å². The summed E-state index contributed by atoms with van der Waals surface area (Å²) in [4.78, 5) is 26.9. The number of esters is 1. The Morgan fingerprint density at radius 3 is 2.70 bits per heavy atom. The Morgan fingerprint density at radius 1 is 1.20 bits per heavy atom. The van der Waals surface area contributed by atoms with Crippen molar-refractivity contribution in [1.82, 2.24) is 4.98 Å². The molecule has 0 spiro atoms. The molecule has 102 valence electrons. The summed E-state index contributed by atoms with van der Waals surface area (Å²) in [6, 6.07) is 7.32. The Hall–Kier alpha value is -2.76. The highest BCUT2D eigenvalue weighted by Gasteiger charge is 2.10. The molecule has 0 unspecified atom stereocenters. The van der Waals surface area contributed by atoms with E-state index in [1.807, 2.05) is 0 Å². The van der Waals surface area contributed by atoms with Crippen molar-refractivity contribution in [1.29, 1.82) is 0 Å². The summed E-state index contributed by atoms with van der Waals surface area (Å²) in [5.41, 5.74) is 0.804. The van der Waals surface area contributed by atoms with Gasteiger partial charge in [0.15, 0.2) is 0 Å². The number of methoxy groups -OCH3 is 1. The number of carbonyl (C=O) groups excluding carboxylic acids is 2. The van der Waals surface area contributed by atoms with Gasteiger partial charge in [-0.15, -0.1) is 0 Å².